The number of aryl methyl sites for hydroxylation is 1. The van der Waals surface area contributed by atoms with E-state index in [0.29, 0.717) is 0 Å². The normalized spacial score (nSPS) is 10.5. The number of nitrogens with zero attached hydrogens (tertiary/aromatic N) is 2. The highest BCUT2D eigenvalue weighted by molar-refractivity contribution is 9.10. The molecule has 0 aliphatic rings. The van der Waals surface area contributed by atoms with E-state index < -0.39 is 0 Å². The summed E-state index contributed by atoms with van der Waals surface area (Å²) in [5, 5.41) is 3.27. The van der Waals surface area contributed by atoms with Crippen LogP contribution in [0.4, 0.5) is 5.95 Å². The van der Waals surface area contributed by atoms with Crippen molar-refractivity contribution in [3.63, 3.8) is 0 Å². The molecule has 2 rings (SSSR count). The summed E-state index contributed by atoms with van der Waals surface area (Å²) in [4.78, 5) is 4.46. The zero-order chi connectivity index (χ0) is 12.3. The third-order valence-electron chi connectivity index (χ3n) is 2.47. The highest BCUT2D eigenvalue weighted by atomic mass is 79.9. The van der Waals surface area contributed by atoms with Crippen molar-refractivity contribution < 1.29 is 0 Å². The Balaban J connectivity index is 2.23. The average Bonchev–Trinajstić information content (AvgIpc) is 2.59. The maximum absolute atomic E-state index is 4.46. The van der Waals surface area contributed by atoms with Crippen LogP contribution in [0.25, 0.3) is 0 Å². The van der Waals surface area contributed by atoms with E-state index in [9.17, 15) is 0 Å². The predicted octanol–water partition coefficient (Wildman–Crippen LogP) is 3.43. The number of imidazole rings is 1. The van der Waals surface area contributed by atoms with Gasteiger partial charge >= 0.3 is 0 Å². The minimum absolute atomic E-state index is 0.836. The van der Waals surface area contributed by atoms with Crippen molar-refractivity contribution in [3.05, 3.63) is 46.2 Å². The summed E-state index contributed by atoms with van der Waals surface area (Å²) < 4.78 is 3.25. The molecule has 1 aromatic carbocycles. The standard InChI is InChI=1S/C13H16BrN3/c1-3-15-13-16-10(2)8-17(13)9-11-5-4-6-12(14)7-11/h4-8H,3,9H2,1-2H3,(H,15,16). The molecule has 1 aromatic heterocycles. The quantitative estimate of drug-likeness (QED) is 0.936. The number of aromatic nitrogens is 2. The first-order valence-electron chi connectivity index (χ1n) is 5.71. The van der Waals surface area contributed by atoms with Crippen molar-refractivity contribution in [2.24, 2.45) is 0 Å². The molecule has 0 aliphatic carbocycles. The fraction of sp³-hybridized carbons (Fsp3) is 0.308. The Hall–Kier alpha value is -1.29. The van der Waals surface area contributed by atoms with Crippen LogP contribution in [0.5, 0.6) is 0 Å². The lowest BCUT2D eigenvalue weighted by molar-refractivity contribution is 0.799. The van der Waals surface area contributed by atoms with E-state index in [2.05, 4.69) is 62.1 Å². The van der Waals surface area contributed by atoms with Crippen molar-refractivity contribution in [2.45, 2.75) is 20.4 Å². The summed E-state index contributed by atoms with van der Waals surface area (Å²) in [5.41, 5.74) is 2.30. The number of anilines is 1. The van der Waals surface area contributed by atoms with E-state index in [1.165, 1.54) is 5.56 Å². The van der Waals surface area contributed by atoms with Crippen molar-refractivity contribution in [3.8, 4) is 0 Å². The van der Waals surface area contributed by atoms with Gasteiger partial charge in [-0.1, -0.05) is 28.1 Å². The zero-order valence-corrected chi connectivity index (χ0v) is 11.7. The molecule has 1 heterocycles. The van der Waals surface area contributed by atoms with E-state index in [-0.39, 0.29) is 0 Å². The Morgan fingerprint density at radius 2 is 2.24 bits per heavy atom. The molecule has 90 valence electrons. The molecule has 0 spiro atoms. The van der Waals surface area contributed by atoms with E-state index in [1.807, 2.05) is 13.0 Å². The minimum Gasteiger partial charge on any atom is -0.356 e. The molecule has 0 radical (unpaired) electrons. The van der Waals surface area contributed by atoms with Gasteiger partial charge in [0.25, 0.3) is 0 Å². The van der Waals surface area contributed by atoms with Crippen LogP contribution in [0.15, 0.2) is 34.9 Å². The zero-order valence-electron chi connectivity index (χ0n) is 10.1. The van der Waals surface area contributed by atoms with Gasteiger partial charge in [-0.25, -0.2) is 4.98 Å². The molecule has 4 heteroatoms. The van der Waals surface area contributed by atoms with Crippen molar-refractivity contribution in [2.75, 3.05) is 11.9 Å². The van der Waals surface area contributed by atoms with Crippen LogP contribution in [0.2, 0.25) is 0 Å². The van der Waals surface area contributed by atoms with Gasteiger partial charge in [0.05, 0.1) is 12.2 Å². The first-order chi connectivity index (χ1) is 8.19. The molecule has 3 nitrogen and oxygen atoms in total. The molecule has 0 fully saturated rings. The van der Waals surface area contributed by atoms with E-state index in [0.717, 1.165) is 29.2 Å². The lowest BCUT2D eigenvalue weighted by atomic mass is 10.2. The predicted molar refractivity (Wildman–Crippen MR) is 74.4 cm³/mol. The summed E-state index contributed by atoms with van der Waals surface area (Å²) in [5.74, 6) is 0.935. The molecule has 0 aliphatic heterocycles. The monoisotopic (exact) mass is 293 g/mol. The molecule has 0 saturated carbocycles. The van der Waals surface area contributed by atoms with Gasteiger partial charge in [-0.05, 0) is 31.5 Å². The summed E-state index contributed by atoms with van der Waals surface area (Å²) in [6.45, 7) is 5.81. The number of rotatable bonds is 4. The van der Waals surface area contributed by atoms with E-state index in [1.54, 1.807) is 0 Å². The molecule has 0 atom stereocenters. The molecular formula is C13H16BrN3. The first kappa shape index (κ1) is 12.2. The number of hydrogen-bond acceptors (Lipinski definition) is 2. The minimum atomic E-state index is 0.836. The van der Waals surface area contributed by atoms with Crippen molar-refractivity contribution >= 4 is 21.9 Å². The number of halogens is 1. The molecular weight excluding hydrogens is 278 g/mol. The van der Waals surface area contributed by atoms with Crippen LogP contribution in [0.1, 0.15) is 18.2 Å². The van der Waals surface area contributed by atoms with Crippen LogP contribution in [-0.4, -0.2) is 16.1 Å². The number of nitrogens with one attached hydrogen (secondary N) is 1. The van der Waals surface area contributed by atoms with E-state index >= 15 is 0 Å². The lowest BCUT2D eigenvalue weighted by Gasteiger charge is -2.08. The topological polar surface area (TPSA) is 29.9 Å². The van der Waals surface area contributed by atoms with Gasteiger partial charge in [-0.3, -0.25) is 0 Å². The highest BCUT2D eigenvalue weighted by Gasteiger charge is 2.05. The number of benzene rings is 1. The second-order valence-electron chi connectivity index (χ2n) is 3.99. The Kier molecular flexibility index (Phi) is 3.84. The second kappa shape index (κ2) is 5.36. The second-order valence-corrected chi connectivity index (χ2v) is 4.91. The molecule has 0 bridgehead atoms. The lowest BCUT2D eigenvalue weighted by Crippen LogP contribution is -2.07. The maximum atomic E-state index is 4.46. The summed E-state index contributed by atoms with van der Waals surface area (Å²) in [7, 11) is 0. The fourth-order valence-corrected chi connectivity index (χ4v) is 2.25. The summed E-state index contributed by atoms with van der Waals surface area (Å²) in [6, 6.07) is 8.34. The van der Waals surface area contributed by atoms with Gasteiger partial charge in [0.15, 0.2) is 0 Å². The van der Waals surface area contributed by atoms with Crippen molar-refractivity contribution in [1.29, 1.82) is 0 Å². The van der Waals surface area contributed by atoms with Gasteiger partial charge in [0.2, 0.25) is 5.95 Å². The van der Waals surface area contributed by atoms with Gasteiger partial charge in [-0.15, -0.1) is 0 Å². The van der Waals surface area contributed by atoms with Crippen LogP contribution in [0, 0.1) is 6.92 Å². The van der Waals surface area contributed by atoms with E-state index in [4.69, 9.17) is 0 Å². The largest absolute Gasteiger partial charge is 0.356 e. The first-order valence-corrected chi connectivity index (χ1v) is 6.50. The van der Waals surface area contributed by atoms with Gasteiger partial charge in [0.1, 0.15) is 0 Å². The van der Waals surface area contributed by atoms with Crippen LogP contribution in [0.3, 0.4) is 0 Å². The molecule has 2 aromatic rings. The molecule has 0 saturated heterocycles. The Morgan fingerprint density at radius 3 is 2.94 bits per heavy atom. The molecule has 1 N–H and O–H groups in total. The SMILES string of the molecule is CCNc1nc(C)cn1Cc1cccc(Br)c1. The molecule has 0 amide bonds. The third kappa shape index (κ3) is 3.09. The summed E-state index contributed by atoms with van der Waals surface area (Å²) >= 11 is 3.49. The number of hydrogen-bond donors (Lipinski definition) is 1. The van der Waals surface area contributed by atoms with Crippen LogP contribution < -0.4 is 5.32 Å². The Morgan fingerprint density at radius 1 is 1.41 bits per heavy atom. The van der Waals surface area contributed by atoms with Crippen LogP contribution >= 0.6 is 15.9 Å². The Labute approximate surface area is 110 Å². The third-order valence-corrected chi connectivity index (χ3v) is 2.97. The van der Waals surface area contributed by atoms with Crippen molar-refractivity contribution in [1.82, 2.24) is 9.55 Å². The Bertz CT molecular complexity index is 505. The average molecular weight is 294 g/mol. The summed E-state index contributed by atoms with van der Waals surface area (Å²) in [6.07, 6.45) is 2.07. The smallest absolute Gasteiger partial charge is 0.203 e. The van der Waals surface area contributed by atoms with Gasteiger partial charge in [0, 0.05) is 17.2 Å². The highest BCUT2D eigenvalue weighted by Crippen LogP contribution is 2.15. The molecule has 0 unspecified atom stereocenters. The fourth-order valence-electron chi connectivity index (χ4n) is 1.80. The van der Waals surface area contributed by atoms with Crippen LogP contribution in [-0.2, 0) is 6.54 Å². The maximum Gasteiger partial charge on any atom is 0.203 e. The van der Waals surface area contributed by atoms with Gasteiger partial charge < -0.3 is 9.88 Å². The molecule has 17 heavy (non-hydrogen) atoms. The van der Waals surface area contributed by atoms with Gasteiger partial charge in [-0.2, -0.15) is 0 Å².